The molecule has 0 saturated carbocycles. The van der Waals surface area contributed by atoms with Gasteiger partial charge in [0.1, 0.15) is 16.5 Å². The number of hydrogen-bond acceptors (Lipinski definition) is 8. The molecule has 2 aliphatic heterocycles. The lowest BCUT2D eigenvalue weighted by Gasteiger charge is -2.26. The second kappa shape index (κ2) is 8.93. The van der Waals surface area contributed by atoms with Crippen molar-refractivity contribution in [2.45, 2.75) is 43.9 Å². The SMILES string of the molecule is CCc1nsc(N2CCCN(c3ccc(S(=O)(=O)N4CCCCC4)cn3)CC2)n1. The molecule has 0 N–H and O–H groups in total. The fourth-order valence-corrected chi connectivity index (χ4v) is 6.09. The van der Waals surface area contributed by atoms with Crippen molar-refractivity contribution in [1.29, 1.82) is 0 Å². The second-order valence-corrected chi connectivity index (χ2v) is 10.2. The van der Waals surface area contributed by atoms with E-state index in [4.69, 9.17) is 0 Å². The van der Waals surface area contributed by atoms with Gasteiger partial charge in [0.15, 0.2) is 0 Å². The molecule has 0 bridgehead atoms. The minimum atomic E-state index is -3.43. The lowest BCUT2D eigenvalue weighted by Crippen LogP contribution is -2.35. The molecule has 0 atom stereocenters. The highest BCUT2D eigenvalue weighted by Gasteiger charge is 2.26. The number of anilines is 2. The molecule has 4 heterocycles. The fourth-order valence-electron chi connectivity index (χ4n) is 3.82. The fraction of sp³-hybridized carbons (Fsp3) is 0.632. The van der Waals surface area contributed by atoms with Crippen molar-refractivity contribution in [3.63, 3.8) is 0 Å². The molecule has 2 saturated heterocycles. The highest BCUT2D eigenvalue weighted by atomic mass is 32.2. The molecule has 2 aliphatic rings. The van der Waals surface area contributed by atoms with E-state index in [9.17, 15) is 8.42 Å². The third-order valence-electron chi connectivity index (χ3n) is 5.54. The van der Waals surface area contributed by atoms with Gasteiger partial charge in [-0.15, -0.1) is 0 Å². The summed E-state index contributed by atoms with van der Waals surface area (Å²) in [5.74, 6) is 1.73. The molecule has 2 fully saturated rings. The first kappa shape index (κ1) is 20.5. The van der Waals surface area contributed by atoms with E-state index in [0.717, 1.165) is 75.1 Å². The summed E-state index contributed by atoms with van der Waals surface area (Å²) in [5.41, 5.74) is 0. The first-order valence-electron chi connectivity index (χ1n) is 10.4. The Balaban J connectivity index is 1.42. The van der Waals surface area contributed by atoms with E-state index >= 15 is 0 Å². The Morgan fingerprint density at radius 1 is 0.966 bits per heavy atom. The Kier molecular flexibility index (Phi) is 6.31. The molecular weight excluding hydrogens is 408 g/mol. The van der Waals surface area contributed by atoms with Gasteiger partial charge in [0.05, 0.1) is 0 Å². The summed E-state index contributed by atoms with van der Waals surface area (Å²) in [6.45, 7) is 6.79. The van der Waals surface area contributed by atoms with Crippen LogP contribution in [-0.2, 0) is 16.4 Å². The molecule has 0 radical (unpaired) electrons. The highest BCUT2D eigenvalue weighted by molar-refractivity contribution is 7.89. The molecule has 0 unspecified atom stereocenters. The van der Waals surface area contributed by atoms with Gasteiger partial charge in [-0.1, -0.05) is 13.3 Å². The number of hydrogen-bond donors (Lipinski definition) is 0. The average Bonchev–Trinajstić information content (AvgIpc) is 3.11. The number of pyridine rings is 1. The first-order valence-corrected chi connectivity index (χ1v) is 12.6. The standard InChI is InChI=1S/C19H28N6O2S2/c1-2-17-21-19(28-22-17)24-10-6-9-23(13-14-24)18-8-7-16(15-20-18)29(26,27)25-11-4-3-5-12-25/h7-8,15H,2-6,9-14H2,1H3. The van der Waals surface area contributed by atoms with E-state index in [-0.39, 0.29) is 0 Å². The van der Waals surface area contributed by atoms with Crippen LogP contribution < -0.4 is 9.80 Å². The maximum atomic E-state index is 12.8. The van der Waals surface area contributed by atoms with Gasteiger partial charge in [0, 0.05) is 63.4 Å². The lowest BCUT2D eigenvalue weighted by molar-refractivity contribution is 0.346. The third-order valence-corrected chi connectivity index (χ3v) is 8.23. The van der Waals surface area contributed by atoms with Crippen molar-refractivity contribution in [1.82, 2.24) is 18.6 Å². The highest BCUT2D eigenvalue weighted by Crippen LogP contribution is 2.24. The maximum absolute atomic E-state index is 12.8. The zero-order chi connectivity index (χ0) is 20.3. The number of piperidine rings is 1. The normalized spacial score (nSPS) is 19.3. The van der Waals surface area contributed by atoms with E-state index in [2.05, 4.69) is 31.1 Å². The van der Waals surface area contributed by atoms with Crippen molar-refractivity contribution in [3.05, 3.63) is 24.2 Å². The molecule has 158 valence electrons. The van der Waals surface area contributed by atoms with E-state index < -0.39 is 10.0 Å². The summed E-state index contributed by atoms with van der Waals surface area (Å²) in [6, 6.07) is 3.54. The minimum absolute atomic E-state index is 0.292. The van der Waals surface area contributed by atoms with E-state index in [0.29, 0.717) is 18.0 Å². The topological polar surface area (TPSA) is 82.5 Å². The Labute approximate surface area is 176 Å². The van der Waals surface area contributed by atoms with Crippen LogP contribution in [0.25, 0.3) is 0 Å². The van der Waals surface area contributed by atoms with Crippen molar-refractivity contribution in [2.75, 3.05) is 49.1 Å². The van der Waals surface area contributed by atoms with Crippen LogP contribution in [0.1, 0.15) is 38.4 Å². The lowest BCUT2D eigenvalue weighted by atomic mass is 10.2. The summed E-state index contributed by atoms with van der Waals surface area (Å²) in [6.07, 6.45) is 6.34. The third kappa shape index (κ3) is 4.54. The number of aryl methyl sites for hydroxylation is 1. The molecule has 4 rings (SSSR count). The van der Waals surface area contributed by atoms with Gasteiger partial charge in [-0.25, -0.2) is 18.4 Å². The van der Waals surface area contributed by atoms with E-state index in [1.54, 1.807) is 10.4 Å². The van der Waals surface area contributed by atoms with Crippen molar-refractivity contribution in [2.24, 2.45) is 0 Å². The molecule has 0 amide bonds. The molecule has 2 aromatic rings. The summed E-state index contributed by atoms with van der Waals surface area (Å²) in [5, 5.41) is 0.986. The van der Waals surface area contributed by atoms with Crippen LogP contribution in [0.5, 0.6) is 0 Å². The molecule has 0 aliphatic carbocycles. The first-order chi connectivity index (χ1) is 14.1. The quantitative estimate of drug-likeness (QED) is 0.712. The molecule has 2 aromatic heterocycles. The second-order valence-electron chi connectivity index (χ2n) is 7.49. The summed E-state index contributed by atoms with van der Waals surface area (Å²) in [4.78, 5) is 13.9. The average molecular weight is 437 g/mol. The number of rotatable bonds is 5. The van der Waals surface area contributed by atoms with E-state index in [1.165, 1.54) is 17.7 Å². The van der Waals surface area contributed by atoms with Gasteiger partial charge >= 0.3 is 0 Å². The van der Waals surface area contributed by atoms with E-state index in [1.807, 2.05) is 6.07 Å². The Morgan fingerprint density at radius 2 is 1.72 bits per heavy atom. The van der Waals surface area contributed by atoms with Gasteiger partial charge in [0.25, 0.3) is 0 Å². The van der Waals surface area contributed by atoms with Crippen LogP contribution in [-0.4, -0.2) is 66.3 Å². The zero-order valence-corrected chi connectivity index (χ0v) is 18.5. The Hall–Kier alpha value is -1.78. The zero-order valence-electron chi connectivity index (χ0n) is 16.8. The number of aromatic nitrogens is 3. The number of nitrogens with zero attached hydrogens (tertiary/aromatic N) is 6. The number of sulfonamides is 1. The van der Waals surface area contributed by atoms with Gasteiger partial charge in [-0.3, -0.25) is 0 Å². The molecular formula is C19H28N6O2S2. The monoisotopic (exact) mass is 436 g/mol. The molecule has 10 heteroatoms. The largest absolute Gasteiger partial charge is 0.355 e. The van der Waals surface area contributed by atoms with Crippen molar-refractivity contribution >= 4 is 32.5 Å². The van der Waals surface area contributed by atoms with Crippen LogP contribution in [0.3, 0.4) is 0 Å². The summed E-state index contributed by atoms with van der Waals surface area (Å²) in [7, 11) is -3.43. The molecule has 29 heavy (non-hydrogen) atoms. The molecule has 0 aromatic carbocycles. The van der Waals surface area contributed by atoms with Crippen molar-refractivity contribution in [3.8, 4) is 0 Å². The van der Waals surface area contributed by atoms with Gasteiger partial charge in [-0.05, 0) is 31.4 Å². The van der Waals surface area contributed by atoms with Crippen LogP contribution in [0.2, 0.25) is 0 Å². The van der Waals surface area contributed by atoms with Gasteiger partial charge in [-0.2, -0.15) is 8.68 Å². The smallest absolute Gasteiger partial charge is 0.244 e. The van der Waals surface area contributed by atoms with Crippen molar-refractivity contribution < 1.29 is 8.42 Å². The summed E-state index contributed by atoms with van der Waals surface area (Å²) < 4.78 is 31.6. The Bertz CT molecular complexity index is 909. The summed E-state index contributed by atoms with van der Waals surface area (Å²) >= 11 is 1.46. The van der Waals surface area contributed by atoms with Crippen LogP contribution in [0.4, 0.5) is 10.9 Å². The van der Waals surface area contributed by atoms with Crippen LogP contribution in [0, 0.1) is 0 Å². The Morgan fingerprint density at radius 3 is 2.41 bits per heavy atom. The minimum Gasteiger partial charge on any atom is -0.355 e. The maximum Gasteiger partial charge on any atom is 0.244 e. The van der Waals surface area contributed by atoms with Gasteiger partial charge < -0.3 is 9.80 Å². The van der Waals surface area contributed by atoms with Crippen LogP contribution in [0.15, 0.2) is 23.2 Å². The molecule has 0 spiro atoms. The van der Waals surface area contributed by atoms with Gasteiger partial charge in [0.2, 0.25) is 15.2 Å². The molecule has 8 nitrogen and oxygen atoms in total. The van der Waals surface area contributed by atoms with Crippen LogP contribution >= 0.6 is 11.5 Å². The predicted molar refractivity (Wildman–Crippen MR) is 115 cm³/mol. The predicted octanol–water partition coefficient (Wildman–Crippen LogP) is 2.39.